The molecule has 0 spiro atoms. The van der Waals surface area contributed by atoms with Gasteiger partial charge in [-0.15, -0.1) is 0 Å². The maximum atomic E-state index is 11.7. The number of amides is 1. The Bertz CT molecular complexity index is 357. The molecule has 0 radical (unpaired) electrons. The molecule has 1 fully saturated rings. The van der Waals surface area contributed by atoms with E-state index in [0.717, 1.165) is 19.3 Å². The van der Waals surface area contributed by atoms with Gasteiger partial charge >= 0.3 is 0 Å². The first-order valence-corrected chi connectivity index (χ1v) is 5.98. The van der Waals surface area contributed by atoms with Crippen LogP contribution < -0.4 is 5.32 Å². The minimum atomic E-state index is -0.102. The van der Waals surface area contributed by atoms with Crippen LogP contribution in [0.15, 0.2) is 24.5 Å². The minimum Gasteiger partial charge on any atom is -0.347 e. The second-order valence-electron chi connectivity index (χ2n) is 4.47. The molecule has 86 valence electrons. The standard InChI is InChI=1S/C13H18N2O/c1-2-4-12(16)15-13(7-3-8-13)11-5-9-14-10-6-11/h5-6,9-10H,2-4,7-8H2,1H3,(H,15,16). The third-order valence-corrected chi connectivity index (χ3v) is 3.30. The fraction of sp³-hybridized carbons (Fsp3) is 0.538. The van der Waals surface area contributed by atoms with Gasteiger partial charge in [0.05, 0.1) is 5.54 Å². The number of hydrogen-bond donors (Lipinski definition) is 1. The Morgan fingerprint density at radius 3 is 2.62 bits per heavy atom. The summed E-state index contributed by atoms with van der Waals surface area (Å²) in [6, 6.07) is 4.01. The van der Waals surface area contributed by atoms with Crippen LogP contribution in [0, 0.1) is 0 Å². The molecule has 1 aromatic rings. The summed E-state index contributed by atoms with van der Waals surface area (Å²) in [6.07, 6.45) is 8.39. The summed E-state index contributed by atoms with van der Waals surface area (Å²) in [7, 11) is 0. The van der Waals surface area contributed by atoms with Gasteiger partial charge in [-0.3, -0.25) is 9.78 Å². The van der Waals surface area contributed by atoms with Gasteiger partial charge in [-0.1, -0.05) is 6.92 Å². The summed E-state index contributed by atoms with van der Waals surface area (Å²) in [4.78, 5) is 15.7. The zero-order chi connectivity index (χ0) is 11.4. The van der Waals surface area contributed by atoms with Crippen molar-refractivity contribution in [3.63, 3.8) is 0 Å². The van der Waals surface area contributed by atoms with Gasteiger partial charge in [-0.25, -0.2) is 0 Å². The van der Waals surface area contributed by atoms with Crippen LogP contribution >= 0.6 is 0 Å². The van der Waals surface area contributed by atoms with Crippen LogP contribution in [0.3, 0.4) is 0 Å². The predicted molar refractivity (Wildman–Crippen MR) is 62.8 cm³/mol. The molecule has 1 aliphatic rings. The van der Waals surface area contributed by atoms with Crippen LogP contribution in [0.5, 0.6) is 0 Å². The van der Waals surface area contributed by atoms with E-state index in [1.165, 1.54) is 12.0 Å². The first-order chi connectivity index (χ1) is 7.77. The Labute approximate surface area is 96.3 Å². The van der Waals surface area contributed by atoms with Crippen LogP contribution in [0.1, 0.15) is 44.6 Å². The van der Waals surface area contributed by atoms with Gasteiger partial charge in [0.15, 0.2) is 0 Å². The number of hydrogen-bond acceptors (Lipinski definition) is 2. The molecule has 0 unspecified atom stereocenters. The van der Waals surface area contributed by atoms with E-state index in [-0.39, 0.29) is 11.4 Å². The van der Waals surface area contributed by atoms with Gasteiger partial charge in [0.25, 0.3) is 0 Å². The van der Waals surface area contributed by atoms with Crippen LogP contribution in [-0.2, 0) is 10.3 Å². The molecule has 3 heteroatoms. The van der Waals surface area contributed by atoms with E-state index in [0.29, 0.717) is 6.42 Å². The molecular formula is C13H18N2O. The van der Waals surface area contributed by atoms with E-state index in [4.69, 9.17) is 0 Å². The Balaban J connectivity index is 2.11. The van der Waals surface area contributed by atoms with Gasteiger partial charge < -0.3 is 5.32 Å². The van der Waals surface area contributed by atoms with Crippen molar-refractivity contribution in [3.8, 4) is 0 Å². The smallest absolute Gasteiger partial charge is 0.220 e. The van der Waals surface area contributed by atoms with Gasteiger partial charge in [-0.2, -0.15) is 0 Å². The highest BCUT2D eigenvalue weighted by Crippen LogP contribution is 2.41. The summed E-state index contributed by atoms with van der Waals surface area (Å²) in [5.74, 6) is 0.166. The maximum Gasteiger partial charge on any atom is 0.220 e. The molecule has 0 bridgehead atoms. The zero-order valence-electron chi connectivity index (χ0n) is 9.70. The maximum absolute atomic E-state index is 11.7. The number of carbonyl (C=O) groups is 1. The van der Waals surface area contributed by atoms with Crippen molar-refractivity contribution >= 4 is 5.91 Å². The lowest BCUT2D eigenvalue weighted by molar-refractivity contribution is -0.124. The fourth-order valence-electron chi connectivity index (χ4n) is 2.24. The van der Waals surface area contributed by atoms with E-state index >= 15 is 0 Å². The second-order valence-corrected chi connectivity index (χ2v) is 4.47. The van der Waals surface area contributed by atoms with E-state index in [1.54, 1.807) is 12.4 Å². The van der Waals surface area contributed by atoms with Crippen molar-refractivity contribution < 1.29 is 4.79 Å². The van der Waals surface area contributed by atoms with Crippen molar-refractivity contribution in [2.75, 3.05) is 0 Å². The van der Waals surface area contributed by atoms with Gasteiger partial charge in [-0.05, 0) is 43.4 Å². The topological polar surface area (TPSA) is 42.0 Å². The van der Waals surface area contributed by atoms with Crippen LogP contribution in [0.4, 0.5) is 0 Å². The summed E-state index contributed by atoms with van der Waals surface area (Å²) in [5.41, 5.74) is 1.09. The molecule has 16 heavy (non-hydrogen) atoms. The Morgan fingerprint density at radius 1 is 1.44 bits per heavy atom. The van der Waals surface area contributed by atoms with Gasteiger partial charge in [0.2, 0.25) is 5.91 Å². The molecule has 1 amide bonds. The molecule has 1 aromatic heterocycles. The average Bonchev–Trinajstić information content (AvgIpc) is 2.25. The Hall–Kier alpha value is -1.38. The molecular weight excluding hydrogens is 200 g/mol. The van der Waals surface area contributed by atoms with E-state index in [1.807, 2.05) is 19.1 Å². The number of aromatic nitrogens is 1. The summed E-state index contributed by atoms with van der Waals surface area (Å²) in [6.45, 7) is 2.03. The number of rotatable bonds is 4. The first kappa shape index (κ1) is 11.1. The summed E-state index contributed by atoms with van der Waals surface area (Å²) in [5, 5.41) is 3.18. The normalized spacial score (nSPS) is 17.6. The summed E-state index contributed by atoms with van der Waals surface area (Å²) >= 11 is 0. The third kappa shape index (κ3) is 2.08. The monoisotopic (exact) mass is 218 g/mol. The highest BCUT2D eigenvalue weighted by atomic mass is 16.1. The molecule has 0 atom stereocenters. The van der Waals surface area contributed by atoms with E-state index in [2.05, 4.69) is 10.3 Å². The van der Waals surface area contributed by atoms with E-state index in [9.17, 15) is 4.79 Å². The number of nitrogens with one attached hydrogen (secondary N) is 1. The van der Waals surface area contributed by atoms with Crippen LogP contribution in [0.25, 0.3) is 0 Å². The van der Waals surface area contributed by atoms with Crippen molar-refractivity contribution in [1.29, 1.82) is 0 Å². The molecule has 2 rings (SSSR count). The molecule has 3 nitrogen and oxygen atoms in total. The predicted octanol–water partition coefficient (Wildman–Crippen LogP) is 2.38. The lowest BCUT2D eigenvalue weighted by Gasteiger charge is -2.43. The largest absolute Gasteiger partial charge is 0.347 e. The van der Waals surface area contributed by atoms with E-state index < -0.39 is 0 Å². The quantitative estimate of drug-likeness (QED) is 0.843. The average molecular weight is 218 g/mol. The third-order valence-electron chi connectivity index (χ3n) is 3.30. The van der Waals surface area contributed by atoms with Crippen LogP contribution in [-0.4, -0.2) is 10.9 Å². The summed E-state index contributed by atoms with van der Waals surface area (Å²) < 4.78 is 0. The SMILES string of the molecule is CCCC(=O)NC1(c2ccncc2)CCC1. The van der Waals surface area contributed by atoms with Crippen molar-refractivity contribution in [2.45, 2.75) is 44.6 Å². The highest BCUT2D eigenvalue weighted by molar-refractivity contribution is 5.77. The Kier molecular flexibility index (Phi) is 3.22. The number of pyridine rings is 1. The number of nitrogens with zero attached hydrogens (tertiary/aromatic N) is 1. The fourth-order valence-corrected chi connectivity index (χ4v) is 2.24. The zero-order valence-corrected chi connectivity index (χ0v) is 9.70. The molecule has 0 aliphatic heterocycles. The molecule has 1 aliphatic carbocycles. The molecule has 0 saturated heterocycles. The lowest BCUT2D eigenvalue weighted by atomic mass is 9.72. The lowest BCUT2D eigenvalue weighted by Crippen LogP contribution is -2.50. The van der Waals surface area contributed by atoms with Crippen molar-refractivity contribution in [3.05, 3.63) is 30.1 Å². The molecule has 1 N–H and O–H groups in total. The van der Waals surface area contributed by atoms with Crippen molar-refractivity contribution in [2.24, 2.45) is 0 Å². The second kappa shape index (κ2) is 4.64. The first-order valence-electron chi connectivity index (χ1n) is 5.98. The number of carbonyl (C=O) groups excluding carboxylic acids is 1. The minimum absolute atomic E-state index is 0.102. The molecule has 1 heterocycles. The molecule has 0 aromatic carbocycles. The van der Waals surface area contributed by atoms with Crippen molar-refractivity contribution in [1.82, 2.24) is 10.3 Å². The van der Waals surface area contributed by atoms with Crippen LogP contribution in [0.2, 0.25) is 0 Å². The van der Waals surface area contributed by atoms with Gasteiger partial charge in [0.1, 0.15) is 0 Å². The van der Waals surface area contributed by atoms with Gasteiger partial charge in [0, 0.05) is 18.8 Å². The molecule has 1 saturated carbocycles. The Morgan fingerprint density at radius 2 is 2.12 bits per heavy atom. The highest BCUT2D eigenvalue weighted by Gasteiger charge is 2.39.